The van der Waals surface area contributed by atoms with Crippen LogP contribution < -0.4 is 9.64 Å². The van der Waals surface area contributed by atoms with Gasteiger partial charge in [0, 0.05) is 35.6 Å². The highest BCUT2D eigenvalue weighted by Crippen LogP contribution is 2.45. The number of carbonyl (C=O) groups excluding carboxylic acids is 1. The van der Waals surface area contributed by atoms with Crippen LogP contribution in [0.2, 0.25) is 0 Å². The average molecular weight is 423 g/mol. The third-order valence-corrected chi connectivity index (χ3v) is 6.16. The summed E-state index contributed by atoms with van der Waals surface area (Å²) in [4.78, 5) is 19.1. The SMILES string of the molecule is CCCN1c2cc(OC)c(C=Nc3cc(C(=O)OC)ccc3C)cc2C(C)CC1(C)C. The Bertz CT molecular complexity index is 994. The van der Waals surface area contributed by atoms with E-state index in [1.54, 1.807) is 19.2 Å². The van der Waals surface area contributed by atoms with E-state index in [4.69, 9.17) is 14.5 Å². The van der Waals surface area contributed by atoms with Crippen molar-refractivity contribution in [1.29, 1.82) is 0 Å². The van der Waals surface area contributed by atoms with Gasteiger partial charge in [-0.05, 0) is 68.9 Å². The molecule has 0 spiro atoms. The normalized spacial score (nSPS) is 17.5. The molecule has 3 rings (SSSR count). The molecule has 0 saturated heterocycles. The summed E-state index contributed by atoms with van der Waals surface area (Å²) in [6.07, 6.45) is 4.03. The molecule has 0 bridgehead atoms. The molecule has 1 atom stereocenters. The average Bonchev–Trinajstić information content (AvgIpc) is 2.74. The fraction of sp³-hybridized carbons (Fsp3) is 0.462. The van der Waals surface area contributed by atoms with Crippen molar-refractivity contribution < 1.29 is 14.3 Å². The zero-order valence-electron chi connectivity index (χ0n) is 19.8. The number of methoxy groups -OCH3 is 2. The number of ether oxygens (including phenoxy) is 2. The van der Waals surface area contributed by atoms with Crippen LogP contribution in [-0.2, 0) is 4.74 Å². The van der Waals surface area contributed by atoms with Crippen molar-refractivity contribution in [1.82, 2.24) is 0 Å². The fourth-order valence-corrected chi connectivity index (χ4v) is 4.58. The molecule has 0 aliphatic carbocycles. The third-order valence-electron chi connectivity index (χ3n) is 6.16. The van der Waals surface area contributed by atoms with E-state index in [9.17, 15) is 4.79 Å². The van der Waals surface area contributed by atoms with Crippen molar-refractivity contribution in [3.05, 3.63) is 52.6 Å². The molecule has 31 heavy (non-hydrogen) atoms. The summed E-state index contributed by atoms with van der Waals surface area (Å²) in [5, 5.41) is 0. The fourth-order valence-electron chi connectivity index (χ4n) is 4.58. The summed E-state index contributed by atoms with van der Waals surface area (Å²) in [5.74, 6) is 0.881. The maximum atomic E-state index is 11.9. The molecule has 5 heteroatoms. The van der Waals surface area contributed by atoms with E-state index in [1.165, 1.54) is 18.4 Å². The molecular formula is C26H34N2O3. The van der Waals surface area contributed by atoms with E-state index < -0.39 is 0 Å². The molecule has 1 heterocycles. The van der Waals surface area contributed by atoms with E-state index in [1.807, 2.05) is 19.2 Å². The van der Waals surface area contributed by atoms with Gasteiger partial charge in [0.2, 0.25) is 0 Å². The summed E-state index contributed by atoms with van der Waals surface area (Å²) >= 11 is 0. The Labute approximate surface area is 186 Å². The predicted octanol–water partition coefficient (Wildman–Crippen LogP) is 6.04. The van der Waals surface area contributed by atoms with Gasteiger partial charge in [-0.3, -0.25) is 4.99 Å². The molecule has 1 unspecified atom stereocenters. The first-order valence-electron chi connectivity index (χ1n) is 10.9. The van der Waals surface area contributed by atoms with Gasteiger partial charge >= 0.3 is 5.97 Å². The van der Waals surface area contributed by atoms with Crippen LogP contribution in [0.3, 0.4) is 0 Å². The Morgan fingerprint density at radius 3 is 2.65 bits per heavy atom. The summed E-state index contributed by atoms with van der Waals surface area (Å²) in [6.45, 7) is 12.1. The number of hydrogen-bond acceptors (Lipinski definition) is 5. The maximum Gasteiger partial charge on any atom is 0.337 e. The molecule has 1 aliphatic rings. The standard InChI is InChI=1S/C26H34N2O3/c1-8-11-28-23-14-24(30-6)20(12-21(23)18(3)15-26(28,4)5)16-27-22-13-19(25(29)31-7)10-9-17(22)2/h9-10,12-14,16,18H,8,11,15H2,1-7H3. The largest absolute Gasteiger partial charge is 0.496 e. The van der Waals surface area contributed by atoms with Crippen LogP contribution in [0, 0.1) is 6.92 Å². The van der Waals surface area contributed by atoms with Gasteiger partial charge in [-0.25, -0.2) is 4.79 Å². The van der Waals surface area contributed by atoms with Crippen LogP contribution >= 0.6 is 0 Å². The minimum absolute atomic E-state index is 0.106. The Morgan fingerprint density at radius 1 is 1.26 bits per heavy atom. The number of anilines is 1. The van der Waals surface area contributed by atoms with Gasteiger partial charge in [0.25, 0.3) is 0 Å². The lowest BCUT2D eigenvalue weighted by atomic mass is 9.79. The molecule has 2 aromatic carbocycles. The smallest absolute Gasteiger partial charge is 0.337 e. The monoisotopic (exact) mass is 422 g/mol. The Morgan fingerprint density at radius 2 is 2.00 bits per heavy atom. The second-order valence-electron chi connectivity index (χ2n) is 8.97. The topological polar surface area (TPSA) is 51.1 Å². The van der Waals surface area contributed by atoms with Gasteiger partial charge in [-0.2, -0.15) is 0 Å². The van der Waals surface area contributed by atoms with E-state index >= 15 is 0 Å². The first-order valence-corrected chi connectivity index (χ1v) is 10.9. The molecule has 0 saturated carbocycles. The van der Waals surface area contributed by atoms with E-state index in [2.05, 4.69) is 44.7 Å². The van der Waals surface area contributed by atoms with Crippen molar-refractivity contribution in [3.8, 4) is 5.75 Å². The maximum absolute atomic E-state index is 11.9. The lowest BCUT2D eigenvalue weighted by Crippen LogP contribution is -2.48. The third kappa shape index (κ3) is 4.60. The van der Waals surface area contributed by atoms with Crippen LogP contribution in [0.15, 0.2) is 35.3 Å². The number of aliphatic imine (C=N–C) groups is 1. The van der Waals surface area contributed by atoms with Crippen LogP contribution in [-0.4, -0.2) is 38.5 Å². The molecule has 0 aromatic heterocycles. The zero-order valence-corrected chi connectivity index (χ0v) is 19.8. The molecule has 0 amide bonds. The Balaban J connectivity index is 2.04. The van der Waals surface area contributed by atoms with Crippen LogP contribution in [0.4, 0.5) is 11.4 Å². The van der Waals surface area contributed by atoms with Gasteiger partial charge in [-0.1, -0.05) is 19.9 Å². The first-order chi connectivity index (χ1) is 14.7. The minimum atomic E-state index is -0.365. The molecule has 2 aromatic rings. The highest BCUT2D eigenvalue weighted by atomic mass is 16.5. The molecule has 0 radical (unpaired) electrons. The predicted molar refractivity (Wildman–Crippen MR) is 128 cm³/mol. The quantitative estimate of drug-likeness (QED) is 0.420. The number of aryl methyl sites for hydroxylation is 1. The number of rotatable bonds is 6. The van der Waals surface area contributed by atoms with Gasteiger partial charge in [-0.15, -0.1) is 0 Å². The Kier molecular flexibility index (Phi) is 6.73. The number of fused-ring (bicyclic) bond motifs is 1. The van der Waals surface area contributed by atoms with Crippen LogP contribution in [0.1, 0.15) is 73.5 Å². The van der Waals surface area contributed by atoms with Crippen molar-refractivity contribution in [2.75, 3.05) is 25.7 Å². The van der Waals surface area contributed by atoms with Gasteiger partial charge in [0.05, 0.1) is 25.5 Å². The first kappa shape index (κ1) is 22.9. The summed E-state index contributed by atoms with van der Waals surface area (Å²) in [6, 6.07) is 9.76. The number of benzene rings is 2. The number of nitrogens with zero attached hydrogens (tertiary/aromatic N) is 2. The molecule has 5 nitrogen and oxygen atoms in total. The number of carbonyl (C=O) groups is 1. The van der Waals surface area contributed by atoms with Crippen molar-refractivity contribution in [2.45, 2.75) is 58.9 Å². The van der Waals surface area contributed by atoms with Crippen LogP contribution in [0.5, 0.6) is 5.75 Å². The molecular weight excluding hydrogens is 388 g/mol. The Hall–Kier alpha value is -2.82. The zero-order chi connectivity index (χ0) is 22.8. The molecule has 0 N–H and O–H groups in total. The highest BCUT2D eigenvalue weighted by Gasteiger charge is 2.36. The highest BCUT2D eigenvalue weighted by molar-refractivity contribution is 5.92. The van der Waals surface area contributed by atoms with Gasteiger partial charge in [0.1, 0.15) is 5.75 Å². The minimum Gasteiger partial charge on any atom is -0.496 e. The molecule has 166 valence electrons. The molecule has 1 aliphatic heterocycles. The second-order valence-corrected chi connectivity index (χ2v) is 8.97. The van der Waals surface area contributed by atoms with Crippen molar-refractivity contribution in [2.24, 2.45) is 4.99 Å². The molecule has 0 fully saturated rings. The lowest BCUT2D eigenvalue weighted by molar-refractivity contribution is 0.0600. The van der Waals surface area contributed by atoms with Crippen molar-refractivity contribution >= 4 is 23.6 Å². The van der Waals surface area contributed by atoms with E-state index in [0.29, 0.717) is 11.5 Å². The van der Waals surface area contributed by atoms with E-state index in [-0.39, 0.29) is 11.5 Å². The van der Waals surface area contributed by atoms with E-state index in [0.717, 1.165) is 42.0 Å². The second kappa shape index (κ2) is 9.13. The lowest BCUT2D eigenvalue weighted by Gasteiger charge is -2.47. The van der Waals surface area contributed by atoms with Crippen LogP contribution in [0.25, 0.3) is 0 Å². The summed E-state index contributed by atoms with van der Waals surface area (Å²) in [5.41, 5.74) is 5.85. The number of esters is 1. The van der Waals surface area contributed by atoms with Gasteiger partial charge in [0.15, 0.2) is 0 Å². The number of hydrogen-bond donors (Lipinski definition) is 0. The van der Waals surface area contributed by atoms with Gasteiger partial charge < -0.3 is 14.4 Å². The summed E-state index contributed by atoms with van der Waals surface area (Å²) < 4.78 is 10.6. The van der Waals surface area contributed by atoms with Crippen molar-refractivity contribution in [3.63, 3.8) is 0 Å². The summed E-state index contributed by atoms with van der Waals surface area (Å²) in [7, 11) is 3.08.